The smallest absolute Gasteiger partial charge is 0.366 e. The molecule has 0 saturated carbocycles. The molecule has 1 amide bonds. The van der Waals surface area contributed by atoms with Gasteiger partial charge in [-0.3, -0.25) is 9.78 Å². The number of thiazole rings is 1. The van der Waals surface area contributed by atoms with Gasteiger partial charge in [0.15, 0.2) is 0 Å². The third-order valence-corrected chi connectivity index (χ3v) is 6.23. The van der Waals surface area contributed by atoms with Crippen LogP contribution in [0.4, 0.5) is 8.78 Å². The van der Waals surface area contributed by atoms with Gasteiger partial charge in [-0.25, -0.2) is 4.98 Å². The number of carbonyl (C=O) groups is 1. The lowest BCUT2D eigenvalue weighted by atomic mass is 9.97. The van der Waals surface area contributed by atoms with Gasteiger partial charge >= 0.3 is 5.92 Å². The lowest BCUT2D eigenvalue weighted by Crippen LogP contribution is -2.46. The van der Waals surface area contributed by atoms with Gasteiger partial charge in [0, 0.05) is 36.1 Å². The number of halogens is 2. The zero-order valence-corrected chi connectivity index (χ0v) is 17.2. The van der Waals surface area contributed by atoms with E-state index in [1.807, 2.05) is 29.6 Å². The number of pyridine rings is 1. The Balaban J connectivity index is 1.52. The number of alkyl halides is 2. The number of nitrogens with zero attached hydrogens (tertiary/aromatic N) is 3. The second kappa shape index (κ2) is 8.47. The summed E-state index contributed by atoms with van der Waals surface area (Å²) >= 11 is 1.48. The second-order valence-electron chi connectivity index (χ2n) is 7.15. The highest BCUT2D eigenvalue weighted by atomic mass is 32.1. The average Bonchev–Trinajstić information content (AvgIpc) is 3.29. The molecule has 0 unspecified atom stereocenters. The molecule has 1 atom stereocenters. The SMILES string of the molecule is COc1ccccc1-c1csc([C@H]2CCCN(C(=O)C(F)(F)c3ccccn3)C2)n1. The van der Waals surface area contributed by atoms with E-state index < -0.39 is 17.5 Å². The van der Waals surface area contributed by atoms with Gasteiger partial charge in [-0.2, -0.15) is 8.78 Å². The van der Waals surface area contributed by atoms with Crippen molar-refractivity contribution in [2.75, 3.05) is 20.2 Å². The van der Waals surface area contributed by atoms with Crippen LogP contribution >= 0.6 is 11.3 Å². The molecule has 3 heterocycles. The Kier molecular flexibility index (Phi) is 5.76. The number of para-hydroxylation sites is 1. The van der Waals surface area contributed by atoms with Crippen LogP contribution in [0.3, 0.4) is 0 Å². The van der Waals surface area contributed by atoms with Crippen LogP contribution in [0.25, 0.3) is 11.3 Å². The number of hydrogen-bond acceptors (Lipinski definition) is 5. The maximum Gasteiger partial charge on any atom is 0.366 e. The van der Waals surface area contributed by atoms with Crippen molar-refractivity contribution >= 4 is 17.2 Å². The maximum atomic E-state index is 14.7. The Bertz CT molecular complexity index is 1030. The molecule has 30 heavy (non-hydrogen) atoms. The highest BCUT2D eigenvalue weighted by Crippen LogP contribution is 2.37. The molecule has 0 spiro atoms. The molecular weight excluding hydrogens is 408 g/mol. The molecule has 0 bridgehead atoms. The number of amides is 1. The molecule has 0 radical (unpaired) electrons. The van der Waals surface area contributed by atoms with Gasteiger partial charge in [-0.15, -0.1) is 11.3 Å². The summed E-state index contributed by atoms with van der Waals surface area (Å²) in [7, 11) is 1.61. The number of carbonyl (C=O) groups excluding carboxylic acids is 1. The van der Waals surface area contributed by atoms with Crippen molar-refractivity contribution in [3.63, 3.8) is 0 Å². The van der Waals surface area contributed by atoms with Crippen LogP contribution in [-0.2, 0) is 10.7 Å². The van der Waals surface area contributed by atoms with E-state index in [0.29, 0.717) is 13.0 Å². The zero-order chi connectivity index (χ0) is 21.1. The quantitative estimate of drug-likeness (QED) is 0.589. The Morgan fingerprint density at radius 1 is 1.23 bits per heavy atom. The van der Waals surface area contributed by atoms with Crippen molar-refractivity contribution in [3.05, 3.63) is 64.7 Å². The van der Waals surface area contributed by atoms with Crippen LogP contribution < -0.4 is 4.74 Å². The monoisotopic (exact) mass is 429 g/mol. The van der Waals surface area contributed by atoms with Crippen LogP contribution in [0, 0.1) is 0 Å². The molecule has 5 nitrogen and oxygen atoms in total. The molecule has 3 aromatic rings. The molecule has 1 aliphatic rings. The normalized spacial score (nSPS) is 17.0. The molecule has 8 heteroatoms. The number of piperidine rings is 1. The Hall–Kier alpha value is -2.87. The summed E-state index contributed by atoms with van der Waals surface area (Å²) in [6.45, 7) is 0.530. The van der Waals surface area contributed by atoms with E-state index in [0.717, 1.165) is 28.4 Å². The predicted octanol–water partition coefficient (Wildman–Crippen LogP) is 4.71. The minimum absolute atomic E-state index is 0.0734. The summed E-state index contributed by atoms with van der Waals surface area (Å²) < 4.78 is 34.8. The maximum absolute atomic E-state index is 14.7. The number of aromatic nitrogens is 2. The molecule has 1 fully saturated rings. The van der Waals surface area contributed by atoms with Gasteiger partial charge in [0.25, 0.3) is 5.91 Å². The van der Waals surface area contributed by atoms with Gasteiger partial charge < -0.3 is 9.64 Å². The lowest BCUT2D eigenvalue weighted by molar-refractivity contribution is -0.160. The summed E-state index contributed by atoms with van der Waals surface area (Å²) in [5.74, 6) is -4.19. The van der Waals surface area contributed by atoms with Crippen molar-refractivity contribution in [1.29, 1.82) is 0 Å². The molecule has 0 N–H and O–H groups in total. The number of rotatable bonds is 5. The molecule has 0 aliphatic carbocycles. The number of hydrogen-bond donors (Lipinski definition) is 0. The van der Waals surface area contributed by atoms with Crippen LogP contribution in [0.1, 0.15) is 29.5 Å². The summed E-state index contributed by atoms with van der Waals surface area (Å²) in [4.78, 5) is 22.3. The highest BCUT2D eigenvalue weighted by Gasteiger charge is 2.46. The van der Waals surface area contributed by atoms with E-state index in [1.165, 1.54) is 34.6 Å². The molecule has 156 valence electrons. The van der Waals surface area contributed by atoms with Gasteiger partial charge in [-0.05, 0) is 37.1 Å². The highest BCUT2D eigenvalue weighted by molar-refractivity contribution is 7.10. The molecule has 1 aliphatic heterocycles. The van der Waals surface area contributed by atoms with Gasteiger partial charge in [0.1, 0.15) is 11.4 Å². The topological polar surface area (TPSA) is 55.3 Å². The summed E-state index contributed by atoms with van der Waals surface area (Å²) in [6, 6.07) is 11.8. The largest absolute Gasteiger partial charge is 0.496 e. The van der Waals surface area contributed by atoms with Crippen molar-refractivity contribution < 1.29 is 18.3 Å². The Labute approximate surface area is 177 Å². The van der Waals surface area contributed by atoms with Crippen molar-refractivity contribution in [1.82, 2.24) is 14.9 Å². The number of methoxy groups -OCH3 is 1. The Morgan fingerprint density at radius 3 is 2.80 bits per heavy atom. The predicted molar refractivity (Wildman–Crippen MR) is 111 cm³/mol. The fourth-order valence-electron chi connectivity index (χ4n) is 3.67. The Morgan fingerprint density at radius 2 is 2.03 bits per heavy atom. The van der Waals surface area contributed by atoms with Crippen LogP contribution in [0.15, 0.2) is 54.0 Å². The first kappa shape index (κ1) is 20.4. The van der Waals surface area contributed by atoms with E-state index in [1.54, 1.807) is 13.2 Å². The van der Waals surface area contributed by atoms with Crippen molar-refractivity contribution in [2.45, 2.75) is 24.7 Å². The standard InChI is InChI=1S/C22H21F2N3O2S/c1-29-18-9-3-2-8-16(18)17-14-30-20(26-17)15-7-6-12-27(13-15)21(28)22(23,24)19-10-4-5-11-25-19/h2-5,8-11,14-15H,6-7,12-13H2,1H3/t15-/m0/s1. The second-order valence-corrected chi connectivity index (χ2v) is 8.04. The third-order valence-electron chi connectivity index (χ3n) is 5.22. The van der Waals surface area contributed by atoms with Crippen molar-refractivity contribution in [2.24, 2.45) is 0 Å². The number of benzene rings is 1. The first-order chi connectivity index (χ1) is 14.5. The van der Waals surface area contributed by atoms with Gasteiger partial charge in [0.05, 0.1) is 17.8 Å². The summed E-state index contributed by atoms with van der Waals surface area (Å²) in [6.07, 6.45) is 2.72. The fourth-order valence-corrected chi connectivity index (χ4v) is 4.62. The van der Waals surface area contributed by atoms with Gasteiger partial charge in [-0.1, -0.05) is 18.2 Å². The van der Waals surface area contributed by atoms with Crippen LogP contribution in [0.5, 0.6) is 5.75 Å². The van der Waals surface area contributed by atoms with E-state index in [2.05, 4.69) is 4.98 Å². The summed E-state index contributed by atoms with van der Waals surface area (Å²) in [5, 5.41) is 2.78. The van der Waals surface area contributed by atoms with Crippen molar-refractivity contribution in [3.8, 4) is 17.0 Å². The zero-order valence-electron chi connectivity index (χ0n) is 16.4. The minimum Gasteiger partial charge on any atom is -0.496 e. The minimum atomic E-state index is -3.64. The van der Waals surface area contributed by atoms with Gasteiger partial charge in [0.2, 0.25) is 0 Å². The average molecular weight is 429 g/mol. The summed E-state index contributed by atoms with van der Waals surface area (Å²) in [5.41, 5.74) is 1.15. The first-order valence-corrected chi connectivity index (χ1v) is 10.6. The van der Waals surface area contributed by atoms with E-state index in [4.69, 9.17) is 9.72 Å². The number of ether oxygens (including phenoxy) is 1. The molecule has 2 aromatic heterocycles. The lowest BCUT2D eigenvalue weighted by Gasteiger charge is -2.33. The van der Waals surface area contributed by atoms with E-state index in [9.17, 15) is 13.6 Å². The van der Waals surface area contributed by atoms with E-state index >= 15 is 0 Å². The molecular formula is C22H21F2N3O2S. The van der Waals surface area contributed by atoms with Crippen LogP contribution in [-0.4, -0.2) is 41.0 Å². The number of likely N-dealkylation sites (tertiary alicyclic amines) is 1. The van der Waals surface area contributed by atoms with E-state index in [-0.39, 0.29) is 12.5 Å². The first-order valence-electron chi connectivity index (χ1n) is 9.68. The molecule has 4 rings (SSSR count). The van der Waals surface area contributed by atoms with Crippen LogP contribution in [0.2, 0.25) is 0 Å². The molecule has 1 aromatic carbocycles. The molecule has 1 saturated heterocycles. The third kappa shape index (κ3) is 3.92. The fraction of sp³-hybridized carbons (Fsp3) is 0.318.